The molecule has 0 aliphatic rings. The third kappa shape index (κ3) is 1.83. The van der Waals surface area contributed by atoms with Gasteiger partial charge in [-0.25, -0.2) is 19.2 Å². The van der Waals surface area contributed by atoms with E-state index in [2.05, 4.69) is 13.9 Å². The fourth-order valence-corrected chi connectivity index (χ4v) is 0.373. The number of carbonyl (C=O) groups is 2. The fourth-order valence-electron chi connectivity index (χ4n) is 0.373. The molecule has 1 aromatic rings. The predicted octanol–water partition coefficient (Wildman–Crippen LogP) is -2.57. The summed E-state index contributed by atoms with van der Waals surface area (Å²) in [6, 6.07) is 0. The monoisotopic (exact) mass is 191 g/mol. The minimum atomic E-state index is -1.93. The molecule has 0 fully saturated rings. The van der Waals surface area contributed by atoms with E-state index in [-0.39, 0.29) is 5.08 Å². The van der Waals surface area contributed by atoms with Crippen molar-refractivity contribution in [1.29, 1.82) is 0 Å². The Morgan fingerprint density at radius 2 is 1.69 bits per heavy atom. The largest absolute Gasteiger partial charge is 0.473 e. The molecule has 9 heteroatoms. The van der Waals surface area contributed by atoms with E-state index in [9.17, 15) is 19.2 Å². The van der Waals surface area contributed by atoms with Crippen molar-refractivity contribution in [3.8, 4) is 0 Å². The summed E-state index contributed by atoms with van der Waals surface area (Å²) >= 11 is 0. The SMILES string of the molecule is O=C(O)C(=O)On1oc(=O)c(=O)o1. The van der Waals surface area contributed by atoms with Gasteiger partial charge in [0.25, 0.3) is 0 Å². The molecule has 0 radical (unpaired) electrons. The average Bonchev–Trinajstić information content (AvgIpc) is 2.31. The summed E-state index contributed by atoms with van der Waals surface area (Å²) in [5, 5.41) is 7.70. The van der Waals surface area contributed by atoms with Crippen LogP contribution in [-0.4, -0.2) is 22.1 Å². The highest BCUT2D eigenvalue weighted by Crippen LogP contribution is 1.75. The van der Waals surface area contributed by atoms with E-state index in [1.807, 2.05) is 0 Å². The van der Waals surface area contributed by atoms with Crippen LogP contribution in [-0.2, 0) is 9.59 Å². The van der Waals surface area contributed by atoms with Crippen molar-refractivity contribution in [2.24, 2.45) is 0 Å². The smallest absolute Gasteiger partial charge is 0.449 e. The van der Waals surface area contributed by atoms with E-state index >= 15 is 0 Å². The lowest BCUT2D eigenvalue weighted by atomic mass is 10.7. The second-order valence-electron chi connectivity index (χ2n) is 1.66. The summed E-state index contributed by atoms with van der Waals surface area (Å²) in [5.74, 6) is -3.69. The molecule has 9 nitrogen and oxygen atoms in total. The molecule has 0 aliphatic heterocycles. The van der Waals surface area contributed by atoms with Gasteiger partial charge in [-0.15, -0.1) is 0 Å². The van der Waals surface area contributed by atoms with Gasteiger partial charge in [-0.1, -0.05) is 0 Å². The van der Waals surface area contributed by atoms with Gasteiger partial charge < -0.3 is 5.11 Å². The Bertz CT molecular complexity index is 418. The van der Waals surface area contributed by atoms with Gasteiger partial charge in [0.15, 0.2) is 5.08 Å². The summed E-state index contributed by atoms with van der Waals surface area (Å²) in [6.45, 7) is 0. The topological polar surface area (TPSA) is 129 Å². The Morgan fingerprint density at radius 3 is 2.08 bits per heavy atom. The van der Waals surface area contributed by atoms with Gasteiger partial charge in [0.05, 0.1) is 0 Å². The standard InChI is InChI=1S/C4HNO8/c6-1(7)2(8)11-5-12-3(9)4(10)13-5/h(H,6,7). The summed E-state index contributed by atoms with van der Waals surface area (Å²) in [5.41, 5.74) is -2.84. The number of rotatable bonds is 1. The first kappa shape index (κ1) is 8.77. The average molecular weight is 191 g/mol. The van der Waals surface area contributed by atoms with Crippen LogP contribution in [0.15, 0.2) is 18.6 Å². The molecular weight excluding hydrogens is 190 g/mol. The van der Waals surface area contributed by atoms with Gasteiger partial charge in [-0.05, 0) is 0 Å². The molecule has 13 heavy (non-hydrogen) atoms. The summed E-state index contributed by atoms with van der Waals surface area (Å²) < 4.78 is 7.62. The summed E-state index contributed by atoms with van der Waals surface area (Å²) in [7, 11) is 0. The van der Waals surface area contributed by atoms with Gasteiger partial charge in [-0.3, -0.25) is 13.9 Å². The van der Waals surface area contributed by atoms with Crippen LogP contribution in [0.5, 0.6) is 0 Å². The lowest BCUT2D eigenvalue weighted by Crippen LogP contribution is -2.26. The Balaban J connectivity index is 2.88. The number of aromatic nitrogens is 1. The Morgan fingerprint density at radius 1 is 1.23 bits per heavy atom. The fraction of sp³-hybridized carbons (Fsp3) is 0. The van der Waals surface area contributed by atoms with E-state index in [0.717, 1.165) is 0 Å². The lowest BCUT2D eigenvalue weighted by molar-refractivity contribution is -0.189. The van der Waals surface area contributed by atoms with Crippen molar-refractivity contribution >= 4 is 11.9 Å². The van der Waals surface area contributed by atoms with Gasteiger partial charge in [0, 0.05) is 0 Å². The van der Waals surface area contributed by atoms with Gasteiger partial charge in [0.1, 0.15) is 0 Å². The summed E-state index contributed by atoms with van der Waals surface area (Å²) in [6.07, 6.45) is 0. The number of carbonyl (C=O) groups excluding carboxylic acids is 1. The van der Waals surface area contributed by atoms with E-state index < -0.39 is 23.2 Å². The lowest BCUT2D eigenvalue weighted by Gasteiger charge is -1.91. The number of hydrogen-bond donors (Lipinski definition) is 1. The zero-order valence-electron chi connectivity index (χ0n) is 5.75. The Hall–Kier alpha value is -2.32. The van der Waals surface area contributed by atoms with E-state index in [1.165, 1.54) is 0 Å². The van der Waals surface area contributed by atoms with Crippen molar-refractivity contribution in [3.05, 3.63) is 20.8 Å². The minimum absolute atomic E-state index is 0.291. The highest BCUT2D eigenvalue weighted by molar-refractivity contribution is 6.28. The van der Waals surface area contributed by atoms with Crippen LogP contribution in [0, 0.1) is 0 Å². The molecule has 0 unspecified atom stereocenters. The zero-order valence-corrected chi connectivity index (χ0v) is 5.75. The molecule has 0 amide bonds. The molecule has 0 bridgehead atoms. The third-order valence-corrected chi connectivity index (χ3v) is 0.814. The first-order valence-corrected chi connectivity index (χ1v) is 2.70. The van der Waals surface area contributed by atoms with E-state index in [0.29, 0.717) is 0 Å². The quantitative estimate of drug-likeness (QED) is 0.479. The molecule has 1 aromatic heterocycles. The van der Waals surface area contributed by atoms with Crippen LogP contribution < -0.4 is 16.1 Å². The van der Waals surface area contributed by atoms with Crippen LogP contribution in [0.3, 0.4) is 0 Å². The molecule has 0 atom stereocenters. The normalized spacial score (nSPS) is 9.54. The third-order valence-electron chi connectivity index (χ3n) is 0.814. The van der Waals surface area contributed by atoms with Crippen LogP contribution in [0.4, 0.5) is 0 Å². The minimum Gasteiger partial charge on any atom is -0.473 e. The second kappa shape index (κ2) is 2.97. The molecule has 0 spiro atoms. The maximum Gasteiger partial charge on any atom is 0.449 e. The van der Waals surface area contributed by atoms with E-state index in [1.54, 1.807) is 0 Å². The second-order valence-corrected chi connectivity index (χ2v) is 1.66. The van der Waals surface area contributed by atoms with Crippen molar-refractivity contribution in [1.82, 2.24) is 5.08 Å². The van der Waals surface area contributed by atoms with Crippen LogP contribution in [0.25, 0.3) is 0 Å². The molecule has 70 valence electrons. The maximum atomic E-state index is 10.3. The first-order chi connectivity index (χ1) is 6.00. The molecule has 0 aromatic carbocycles. The molecule has 1 rings (SSSR count). The number of carboxylic acid groups (broad SMARTS) is 1. The van der Waals surface area contributed by atoms with E-state index in [4.69, 9.17) is 5.11 Å². The van der Waals surface area contributed by atoms with Crippen molar-refractivity contribution in [2.45, 2.75) is 0 Å². The number of carboxylic acids is 1. The van der Waals surface area contributed by atoms with Gasteiger partial charge >= 0.3 is 23.2 Å². The zero-order chi connectivity index (χ0) is 10.0. The van der Waals surface area contributed by atoms with Crippen LogP contribution >= 0.6 is 0 Å². The number of nitrogens with zero attached hydrogens (tertiary/aromatic N) is 1. The van der Waals surface area contributed by atoms with Crippen LogP contribution in [0.1, 0.15) is 0 Å². The Labute approximate surface area is 67.6 Å². The molecule has 0 saturated heterocycles. The highest BCUT2D eigenvalue weighted by Gasteiger charge is 2.17. The first-order valence-electron chi connectivity index (χ1n) is 2.70. The molecule has 0 saturated carbocycles. The summed E-state index contributed by atoms with van der Waals surface area (Å²) in [4.78, 5) is 44.4. The molecule has 1 heterocycles. The molecule has 0 aliphatic carbocycles. The molecular formula is C4HNO8. The highest BCUT2D eigenvalue weighted by atomic mass is 17.0. The maximum absolute atomic E-state index is 10.3. The van der Waals surface area contributed by atoms with Gasteiger partial charge in [0.2, 0.25) is 0 Å². The number of aliphatic carboxylic acids is 1. The van der Waals surface area contributed by atoms with Crippen LogP contribution in [0.2, 0.25) is 0 Å². The molecule has 1 N–H and O–H groups in total. The van der Waals surface area contributed by atoms with Crippen molar-refractivity contribution in [3.63, 3.8) is 0 Å². The Kier molecular flexibility index (Phi) is 2.00. The van der Waals surface area contributed by atoms with Gasteiger partial charge in [-0.2, -0.15) is 0 Å². The van der Waals surface area contributed by atoms with Crippen molar-refractivity contribution < 1.29 is 28.6 Å². The predicted molar refractivity (Wildman–Crippen MR) is 30.7 cm³/mol. The number of hydrogen-bond acceptors (Lipinski definition) is 7. The van der Waals surface area contributed by atoms with Crippen molar-refractivity contribution in [2.75, 3.05) is 0 Å².